The quantitative estimate of drug-likeness (QED) is 0.635. The zero-order valence-corrected chi connectivity index (χ0v) is 17.8. The van der Waals surface area contributed by atoms with Crippen LogP contribution in [0.5, 0.6) is 0 Å². The number of fused-ring (bicyclic) bond motifs is 1. The summed E-state index contributed by atoms with van der Waals surface area (Å²) in [4.78, 5) is 26.7. The van der Waals surface area contributed by atoms with Crippen molar-refractivity contribution in [1.82, 2.24) is 19.2 Å². The number of amides is 1. The van der Waals surface area contributed by atoms with Crippen LogP contribution in [0, 0.1) is 0 Å². The topological polar surface area (TPSA) is 86.7 Å². The molecule has 0 saturated carbocycles. The summed E-state index contributed by atoms with van der Waals surface area (Å²) in [5.74, 6) is 0.324. The molecule has 8 nitrogen and oxygen atoms in total. The van der Waals surface area contributed by atoms with Crippen molar-refractivity contribution in [3.05, 3.63) is 42.2 Å². The highest BCUT2D eigenvalue weighted by Crippen LogP contribution is 2.32. The molecular formula is C19H23N5O3S2. The molecule has 2 aromatic rings. The third kappa shape index (κ3) is 3.96. The number of anilines is 1. The molecule has 0 bridgehead atoms. The zero-order valence-electron chi connectivity index (χ0n) is 16.2. The molecule has 1 fully saturated rings. The number of aromatic nitrogens is 2. The minimum absolute atomic E-state index is 0.122. The van der Waals surface area contributed by atoms with Crippen LogP contribution in [-0.4, -0.2) is 79.0 Å². The lowest BCUT2D eigenvalue weighted by Gasteiger charge is -2.34. The number of carbonyl (C=O) groups is 1. The molecule has 2 aliphatic heterocycles. The molecule has 1 aromatic carbocycles. The number of thioether (sulfide) groups is 1. The molecule has 1 aromatic heterocycles. The van der Waals surface area contributed by atoms with E-state index in [4.69, 9.17) is 0 Å². The van der Waals surface area contributed by atoms with Gasteiger partial charge in [0.1, 0.15) is 4.90 Å². The van der Waals surface area contributed by atoms with Gasteiger partial charge in [0.2, 0.25) is 5.95 Å². The van der Waals surface area contributed by atoms with Gasteiger partial charge in [-0.15, -0.1) is 11.8 Å². The van der Waals surface area contributed by atoms with Crippen molar-refractivity contribution in [2.24, 2.45) is 0 Å². The normalized spacial score (nSPS) is 18.9. The van der Waals surface area contributed by atoms with Gasteiger partial charge in [0.25, 0.3) is 15.9 Å². The lowest BCUT2D eigenvalue weighted by atomic mass is 10.2. The lowest BCUT2D eigenvalue weighted by molar-refractivity contribution is 0.0866. The standard InChI is InChI=1S/C19H23N5O3S2/c1-28-15-4-5-17-16(14-15)18(25)24(29(17,26)27)9-3-8-22-10-12-23(13-11-22)19-20-6-2-7-21-19/h2,4-7,14H,3,8-13H2,1H3. The molecule has 0 unspecified atom stereocenters. The van der Waals surface area contributed by atoms with Gasteiger partial charge in [0.15, 0.2) is 0 Å². The van der Waals surface area contributed by atoms with E-state index in [-0.39, 0.29) is 17.0 Å². The highest BCUT2D eigenvalue weighted by atomic mass is 32.2. The monoisotopic (exact) mass is 433 g/mol. The Bertz CT molecular complexity index is 992. The summed E-state index contributed by atoms with van der Waals surface area (Å²) in [5.41, 5.74) is 0.285. The number of sulfonamides is 1. The number of benzene rings is 1. The highest BCUT2D eigenvalue weighted by Gasteiger charge is 2.40. The van der Waals surface area contributed by atoms with Crippen molar-refractivity contribution in [2.75, 3.05) is 50.4 Å². The van der Waals surface area contributed by atoms with Crippen LogP contribution in [0.15, 0.2) is 46.5 Å². The molecule has 0 atom stereocenters. The molecule has 0 aliphatic carbocycles. The Hall–Kier alpha value is -2.17. The van der Waals surface area contributed by atoms with Gasteiger partial charge in [-0.25, -0.2) is 22.7 Å². The maximum Gasteiger partial charge on any atom is 0.269 e. The summed E-state index contributed by atoms with van der Waals surface area (Å²) in [7, 11) is -3.74. The number of nitrogens with zero attached hydrogens (tertiary/aromatic N) is 5. The predicted octanol–water partition coefficient (Wildman–Crippen LogP) is 1.56. The largest absolute Gasteiger partial charge is 0.338 e. The van der Waals surface area contributed by atoms with Crippen LogP contribution in [0.1, 0.15) is 16.8 Å². The second kappa shape index (κ2) is 8.29. The van der Waals surface area contributed by atoms with Gasteiger partial charge >= 0.3 is 0 Å². The second-order valence-corrected chi connectivity index (χ2v) is 9.69. The second-order valence-electron chi connectivity index (χ2n) is 6.98. The first-order chi connectivity index (χ1) is 14.0. The Labute approximate surface area is 175 Å². The van der Waals surface area contributed by atoms with Gasteiger partial charge in [-0.2, -0.15) is 0 Å². The maximum atomic E-state index is 12.7. The molecule has 154 valence electrons. The molecule has 1 amide bonds. The molecule has 3 heterocycles. The molecule has 0 spiro atoms. The van der Waals surface area contributed by atoms with Crippen LogP contribution >= 0.6 is 11.8 Å². The van der Waals surface area contributed by atoms with E-state index in [1.165, 1.54) is 11.8 Å². The Balaban J connectivity index is 1.32. The number of hydrogen-bond donors (Lipinski definition) is 0. The first-order valence-electron chi connectivity index (χ1n) is 9.50. The summed E-state index contributed by atoms with van der Waals surface area (Å²) < 4.78 is 26.5. The van der Waals surface area contributed by atoms with E-state index in [1.54, 1.807) is 36.7 Å². The third-order valence-electron chi connectivity index (χ3n) is 5.25. The van der Waals surface area contributed by atoms with Gasteiger partial charge in [-0.1, -0.05) is 0 Å². The van der Waals surface area contributed by atoms with Crippen molar-refractivity contribution in [1.29, 1.82) is 0 Å². The average Bonchev–Trinajstić information content (AvgIpc) is 2.94. The van der Waals surface area contributed by atoms with E-state index in [9.17, 15) is 13.2 Å². The fourth-order valence-electron chi connectivity index (χ4n) is 3.68. The zero-order chi connectivity index (χ0) is 20.4. The summed E-state index contributed by atoms with van der Waals surface area (Å²) in [6.07, 6.45) is 5.98. The Kier molecular flexibility index (Phi) is 5.75. The summed E-state index contributed by atoms with van der Waals surface area (Å²) >= 11 is 1.49. The molecule has 10 heteroatoms. The Morgan fingerprint density at radius 1 is 1.07 bits per heavy atom. The number of carbonyl (C=O) groups excluding carboxylic acids is 1. The van der Waals surface area contributed by atoms with Crippen LogP contribution in [0.2, 0.25) is 0 Å². The first kappa shape index (κ1) is 20.1. The molecule has 0 N–H and O–H groups in total. The summed E-state index contributed by atoms with van der Waals surface area (Å²) in [6.45, 7) is 4.32. The number of piperazine rings is 1. The minimum atomic E-state index is -3.74. The molecule has 2 aliphatic rings. The first-order valence-corrected chi connectivity index (χ1v) is 12.2. The van der Waals surface area contributed by atoms with Crippen molar-refractivity contribution in [3.8, 4) is 0 Å². The van der Waals surface area contributed by atoms with Gasteiger partial charge < -0.3 is 4.90 Å². The van der Waals surface area contributed by atoms with E-state index in [0.717, 1.165) is 47.9 Å². The van der Waals surface area contributed by atoms with Gasteiger partial charge in [0, 0.05) is 56.6 Å². The van der Waals surface area contributed by atoms with Crippen LogP contribution in [0.25, 0.3) is 0 Å². The van der Waals surface area contributed by atoms with E-state index < -0.39 is 15.9 Å². The van der Waals surface area contributed by atoms with Gasteiger partial charge in [-0.3, -0.25) is 9.69 Å². The molecule has 1 saturated heterocycles. The molecule has 0 radical (unpaired) electrons. The smallest absolute Gasteiger partial charge is 0.269 e. The average molecular weight is 434 g/mol. The summed E-state index contributed by atoms with van der Waals surface area (Å²) in [6, 6.07) is 6.76. The SMILES string of the molecule is CSc1ccc2c(c1)C(=O)N(CCCN1CCN(c3ncccn3)CC1)S2(=O)=O. The maximum absolute atomic E-state index is 12.7. The predicted molar refractivity (Wildman–Crippen MR) is 112 cm³/mol. The Morgan fingerprint density at radius 3 is 2.48 bits per heavy atom. The fourth-order valence-corrected chi connectivity index (χ4v) is 5.70. The fraction of sp³-hybridized carbons (Fsp3) is 0.421. The van der Waals surface area contributed by atoms with Crippen LogP contribution in [0.4, 0.5) is 5.95 Å². The summed E-state index contributed by atoms with van der Waals surface area (Å²) in [5, 5.41) is 0. The third-order valence-corrected chi connectivity index (χ3v) is 7.82. The molecule has 4 rings (SSSR count). The van der Waals surface area contributed by atoms with Crippen LogP contribution < -0.4 is 4.90 Å². The van der Waals surface area contributed by atoms with Crippen molar-refractivity contribution in [3.63, 3.8) is 0 Å². The van der Waals surface area contributed by atoms with E-state index in [0.29, 0.717) is 6.42 Å². The van der Waals surface area contributed by atoms with Gasteiger partial charge in [-0.05, 0) is 36.9 Å². The van der Waals surface area contributed by atoms with Crippen LogP contribution in [-0.2, 0) is 10.0 Å². The Morgan fingerprint density at radius 2 is 1.79 bits per heavy atom. The molecule has 29 heavy (non-hydrogen) atoms. The van der Waals surface area contributed by atoms with E-state index in [2.05, 4.69) is 19.8 Å². The number of rotatable bonds is 6. The highest BCUT2D eigenvalue weighted by molar-refractivity contribution is 7.98. The van der Waals surface area contributed by atoms with Crippen LogP contribution in [0.3, 0.4) is 0 Å². The van der Waals surface area contributed by atoms with Crippen molar-refractivity contribution < 1.29 is 13.2 Å². The number of hydrogen-bond acceptors (Lipinski definition) is 8. The van der Waals surface area contributed by atoms with Crippen molar-refractivity contribution >= 4 is 33.6 Å². The van der Waals surface area contributed by atoms with E-state index >= 15 is 0 Å². The minimum Gasteiger partial charge on any atom is -0.338 e. The molecular weight excluding hydrogens is 410 g/mol. The van der Waals surface area contributed by atoms with E-state index in [1.807, 2.05) is 6.26 Å². The van der Waals surface area contributed by atoms with Crippen molar-refractivity contribution in [2.45, 2.75) is 16.2 Å². The lowest BCUT2D eigenvalue weighted by Crippen LogP contribution is -2.47. The van der Waals surface area contributed by atoms with Gasteiger partial charge in [0.05, 0.1) is 5.56 Å².